The molecule has 0 spiro atoms. The Bertz CT molecular complexity index is 442. The average molecular weight is 363 g/mol. The zero-order valence-electron chi connectivity index (χ0n) is 17.4. The van der Waals surface area contributed by atoms with Crippen LogP contribution in [0.2, 0.25) is 0 Å². The van der Waals surface area contributed by atoms with Gasteiger partial charge in [-0.15, -0.1) is 0 Å². The predicted molar refractivity (Wildman–Crippen MR) is 113 cm³/mol. The standard InChI is InChI=1S/C24H42O2/c1-3-4-5-6-7-8-9-10-11-12-13-14-15-16-17-18-22-19-20-23(26-2)21-24(22)25/h19-21,25H,3-18H2,1-2H3. The topological polar surface area (TPSA) is 29.5 Å². The number of phenolic OH excluding ortho intramolecular Hbond substituents is 1. The molecule has 0 bridgehead atoms. The first-order valence-corrected chi connectivity index (χ1v) is 11.1. The monoisotopic (exact) mass is 362 g/mol. The second-order valence-electron chi connectivity index (χ2n) is 7.69. The van der Waals surface area contributed by atoms with Crippen molar-refractivity contribution in [3.05, 3.63) is 23.8 Å². The summed E-state index contributed by atoms with van der Waals surface area (Å²) in [5.74, 6) is 1.09. The molecule has 0 aromatic heterocycles. The number of methoxy groups -OCH3 is 1. The Morgan fingerprint density at radius 2 is 1.15 bits per heavy atom. The smallest absolute Gasteiger partial charge is 0.122 e. The second kappa shape index (κ2) is 16.0. The minimum absolute atomic E-state index is 0.370. The molecule has 1 aromatic carbocycles. The first-order chi connectivity index (χ1) is 12.8. The third kappa shape index (κ3) is 11.4. The first-order valence-electron chi connectivity index (χ1n) is 11.1. The first kappa shape index (κ1) is 22.9. The van der Waals surface area contributed by atoms with Gasteiger partial charge in [-0.3, -0.25) is 0 Å². The molecule has 2 heteroatoms. The van der Waals surface area contributed by atoms with Gasteiger partial charge in [-0.05, 0) is 24.5 Å². The van der Waals surface area contributed by atoms with Crippen LogP contribution in [0.25, 0.3) is 0 Å². The summed E-state index contributed by atoms with van der Waals surface area (Å²) in [7, 11) is 1.63. The number of hydrogen-bond acceptors (Lipinski definition) is 2. The van der Waals surface area contributed by atoms with Gasteiger partial charge in [-0.1, -0.05) is 103 Å². The molecule has 0 fully saturated rings. The van der Waals surface area contributed by atoms with Crippen LogP contribution in [-0.2, 0) is 6.42 Å². The van der Waals surface area contributed by atoms with Crippen molar-refractivity contribution in [1.82, 2.24) is 0 Å². The van der Waals surface area contributed by atoms with Crippen molar-refractivity contribution in [3.63, 3.8) is 0 Å². The fourth-order valence-electron chi connectivity index (χ4n) is 3.57. The maximum Gasteiger partial charge on any atom is 0.122 e. The molecule has 0 unspecified atom stereocenters. The molecule has 150 valence electrons. The van der Waals surface area contributed by atoms with Crippen LogP contribution in [0.1, 0.15) is 109 Å². The summed E-state index contributed by atoms with van der Waals surface area (Å²) < 4.78 is 5.12. The van der Waals surface area contributed by atoms with E-state index in [2.05, 4.69) is 6.92 Å². The van der Waals surface area contributed by atoms with E-state index >= 15 is 0 Å². The molecular formula is C24H42O2. The fraction of sp³-hybridized carbons (Fsp3) is 0.750. The summed E-state index contributed by atoms with van der Waals surface area (Å²) in [5, 5.41) is 9.96. The van der Waals surface area contributed by atoms with Gasteiger partial charge in [0.25, 0.3) is 0 Å². The van der Waals surface area contributed by atoms with Gasteiger partial charge in [0.2, 0.25) is 0 Å². The summed E-state index contributed by atoms with van der Waals surface area (Å²) in [5.41, 5.74) is 1.04. The van der Waals surface area contributed by atoms with Gasteiger partial charge in [-0.2, -0.15) is 0 Å². The average Bonchev–Trinajstić information content (AvgIpc) is 2.65. The van der Waals surface area contributed by atoms with Crippen LogP contribution in [0.4, 0.5) is 0 Å². The minimum atomic E-state index is 0.370. The number of unbranched alkanes of at least 4 members (excludes halogenated alkanes) is 14. The maximum absolute atomic E-state index is 9.96. The van der Waals surface area contributed by atoms with Gasteiger partial charge < -0.3 is 9.84 Å². The lowest BCUT2D eigenvalue weighted by Crippen LogP contribution is -1.89. The molecule has 2 nitrogen and oxygen atoms in total. The van der Waals surface area contributed by atoms with E-state index in [1.54, 1.807) is 13.2 Å². The van der Waals surface area contributed by atoms with E-state index in [-0.39, 0.29) is 0 Å². The van der Waals surface area contributed by atoms with E-state index < -0.39 is 0 Å². The normalized spacial score (nSPS) is 11.0. The fourth-order valence-corrected chi connectivity index (χ4v) is 3.57. The lowest BCUT2D eigenvalue weighted by molar-refractivity contribution is 0.406. The van der Waals surface area contributed by atoms with Gasteiger partial charge in [0.15, 0.2) is 0 Å². The van der Waals surface area contributed by atoms with Crippen LogP contribution in [0.5, 0.6) is 11.5 Å². The van der Waals surface area contributed by atoms with E-state index in [0.717, 1.165) is 24.2 Å². The number of phenols is 1. The van der Waals surface area contributed by atoms with E-state index in [1.807, 2.05) is 12.1 Å². The van der Waals surface area contributed by atoms with E-state index in [4.69, 9.17) is 4.74 Å². The molecule has 1 N–H and O–H groups in total. The van der Waals surface area contributed by atoms with Crippen LogP contribution in [0, 0.1) is 0 Å². The van der Waals surface area contributed by atoms with Crippen molar-refractivity contribution in [2.45, 2.75) is 110 Å². The number of rotatable bonds is 17. The summed E-state index contributed by atoms with van der Waals surface area (Å²) in [6.07, 6.45) is 21.7. The Labute approximate surface area is 162 Å². The van der Waals surface area contributed by atoms with Crippen LogP contribution in [0.15, 0.2) is 18.2 Å². The van der Waals surface area contributed by atoms with Gasteiger partial charge in [0.05, 0.1) is 7.11 Å². The second-order valence-corrected chi connectivity index (χ2v) is 7.69. The Hall–Kier alpha value is -1.18. The van der Waals surface area contributed by atoms with Crippen LogP contribution >= 0.6 is 0 Å². The quantitative estimate of drug-likeness (QED) is 0.286. The Morgan fingerprint density at radius 3 is 1.58 bits per heavy atom. The molecular weight excluding hydrogens is 320 g/mol. The van der Waals surface area contributed by atoms with E-state index in [1.165, 1.54) is 89.9 Å². The maximum atomic E-state index is 9.96. The molecule has 26 heavy (non-hydrogen) atoms. The van der Waals surface area contributed by atoms with Gasteiger partial charge in [0.1, 0.15) is 11.5 Å². The van der Waals surface area contributed by atoms with E-state index in [0.29, 0.717) is 5.75 Å². The molecule has 0 amide bonds. The highest BCUT2D eigenvalue weighted by Crippen LogP contribution is 2.25. The van der Waals surface area contributed by atoms with Gasteiger partial charge >= 0.3 is 0 Å². The number of hydrogen-bond donors (Lipinski definition) is 1. The molecule has 0 aliphatic rings. The highest BCUT2D eigenvalue weighted by molar-refractivity contribution is 5.39. The third-order valence-corrected chi connectivity index (χ3v) is 5.34. The molecule has 0 aliphatic heterocycles. The largest absolute Gasteiger partial charge is 0.508 e. The highest BCUT2D eigenvalue weighted by Gasteiger charge is 2.03. The summed E-state index contributed by atoms with van der Waals surface area (Å²) >= 11 is 0. The molecule has 0 aliphatic carbocycles. The summed E-state index contributed by atoms with van der Waals surface area (Å²) in [4.78, 5) is 0. The summed E-state index contributed by atoms with van der Waals surface area (Å²) in [6, 6.07) is 5.62. The number of ether oxygens (including phenoxy) is 1. The number of aromatic hydroxyl groups is 1. The van der Waals surface area contributed by atoms with Crippen molar-refractivity contribution >= 4 is 0 Å². The van der Waals surface area contributed by atoms with Crippen molar-refractivity contribution in [2.75, 3.05) is 7.11 Å². The van der Waals surface area contributed by atoms with Crippen LogP contribution < -0.4 is 4.74 Å². The molecule has 0 heterocycles. The predicted octanol–water partition coefficient (Wildman–Crippen LogP) is 7.81. The highest BCUT2D eigenvalue weighted by atomic mass is 16.5. The lowest BCUT2D eigenvalue weighted by Gasteiger charge is -2.07. The Morgan fingerprint density at radius 1 is 0.692 bits per heavy atom. The Balaban J connectivity index is 1.85. The van der Waals surface area contributed by atoms with Crippen molar-refractivity contribution in [2.24, 2.45) is 0 Å². The minimum Gasteiger partial charge on any atom is -0.508 e. The van der Waals surface area contributed by atoms with Gasteiger partial charge in [-0.25, -0.2) is 0 Å². The molecule has 1 rings (SSSR count). The van der Waals surface area contributed by atoms with Crippen LogP contribution in [0.3, 0.4) is 0 Å². The summed E-state index contributed by atoms with van der Waals surface area (Å²) in [6.45, 7) is 2.28. The number of aryl methyl sites for hydroxylation is 1. The zero-order valence-corrected chi connectivity index (χ0v) is 17.4. The molecule has 1 aromatic rings. The Kier molecular flexibility index (Phi) is 14.1. The van der Waals surface area contributed by atoms with Crippen molar-refractivity contribution in [3.8, 4) is 11.5 Å². The van der Waals surface area contributed by atoms with Crippen molar-refractivity contribution in [1.29, 1.82) is 0 Å². The van der Waals surface area contributed by atoms with Gasteiger partial charge in [0, 0.05) is 6.07 Å². The molecule has 0 atom stereocenters. The van der Waals surface area contributed by atoms with Crippen molar-refractivity contribution < 1.29 is 9.84 Å². The number of benzene rings is 1. The molecule has 0 radical (unpaired) electrons. The van der Waals surface area contributed by atoms with E-state index in [9.17, 15) is 5.11 Å². The molecule has 0 saturated carbocycles. The lowest BCUT2D eigenvalue weighted by atomic mass is 10.0. The SMILES string of the molecule is CCCCCCCCCCCCCCCCCc1ccc(OC)cc1O. The zero-order chi connectivity index (χ0) is 18.9. The van der Waals surface area contributed by atoms with Crippen LogP contribution in [-0.4, -0.2) is 12.2 Å². The third-order valence-electron chi connectivity index (χ3n) is 5.34. The molecule has 0 saturated heterocycles.